The second-order valence-electron chi connectivity index (χ2n) is 5.80. The van der Waals surface area contributed by atoms with E-state index in [1.54, 1.807) is 4.90 Å². The number of hydrogen-bond acceptors (Lipinski definition) is 8. The number of morpholine rings is 1. The van der Waals surface area contributed by atoms with Gasteiger partial charge in [0.05, 0.1) is 18.1 Å². The third-order valence-electron chi connectivity index (χ3n) is 3.96. The van der Waals surface area contributed by atoms with E-state index in [1.807, 2.05) is 31.2 Å². The third-order valence-corrected chi connectivity index (χ3v) is 3.96. The number of nitrogens with zero attached hydrogens (tertiary/aromatic N) is 4. The first-order valence-electron chi connectivity index (χ1n) is 7.98. The second-order valence-corrected chi connectivity index (χ2v) is 5.80. The van der Waals surface area contributed by atoms with E-state index in [1.165, 1.54) is 5.56 Å². The number of anilines is 3. The number of hydrogen-bond donors (Lipinski definition) is 2. The maximum Gasteiger partial charge on any atom is 0.353 e. The lowest BCUT2D eigenvalue weighted by atomic mass is 10.1. The number of nitrogen functional groups attached to an aromatic ring is 1. The molecule has 3 rings (SSSR count). The molecule has 0 amide bonds. The van der Waals surface area contributed by atoms with Gasteiger partial charge in [-0.3, -0.25) is 10.1 Å². The molecule has 2 aromatic rings. The monoisotopic (exact) mass is 344 g/mol. The average molecular weight is 344 g/mol. The molecule has 0 unspecified atom stereocenters. The van der Waals surface area contributed by atoms with Gasteiger partial charge in [-0.05, 0) is 12.5 Å². The van der Waals surface area contributed by atoms with Crippen molar-refractivity contribution in [3.63, 3.8) is 0 Å². The van der Waals surface area contributed by atoms with Crippen LogP contribution in [0.4, 0.5) is 23.3 Å². The fraction of sp³-hybridized carbons (Fsp3) is 0.375. The van der Waals surface area contributed by atoms with Crippen LogP contribution in [0.5, 0.6) is 0 Å². The number of aryl methyl sites for hydroxylation is 1. The van der Waals surface area contributed by atoms with Crippen molar-refractivity contribution < 1.29 is 9.66 Å². The number of nitrogens with one attached hydrogen (secondary N) is 1. The van der Waals surface area contributed by atoms with E-state index in [-0.39, 0.29) is 23.3 Å². The van der Waals surface area contributed by atoms with Crippen molar-refractivity contribution in [1.82, 2.24) is 9.97 Å². The van der Waals surface area contributed by atoms with Gasteiger partial charge in [-0.1, -0.05) is 29.8 Å². The topological polar surface area (TPSA) is 119 Å². The molecule has 25 heavy (non-hydrogen) atoms. The van der Waals surface area contributed by atoms with Crippen LogP contribution in [0.25, 0.3) is 0 Å². The molecule has 0 spiro atoms. The van der Waals surface area contributed by atoms with Crippen molar-refractivity contribution in [3.05, 3.63) is 45.5 Å². The Labute approximate surface area is 145 Å². The summed E-state index contributed by atoms with van der Waals surface area (Å²) in [5, 5.41) is 14.5. The van der Waals surface area contributed by atoms with Crippen LogP contribution in [0.2, 0.25) is 0 Å². The molecule has 9 heteroatoms. The van der Waals surface area contributed by atoms with Crippen LogP contribution in [0.1, 0.15) is 11.1 Å². The Balaban J connectivity index is 1.85. The smallest absolute Gasteiger partial charge is 0.353 e. The van der Waals surface area contributed by atoms with Crippen LogP contribution in [0, 0.1) is 17.0 Å². The standard InChI is InChI=1S/C16H20N6O3/c1-11-2-4-12(5-3-11)10-18-16-19-14(17)13(22(23)24)15(20-16)21-6-8-25-9-7-21/h2-5H,6-10H2,1H3,(H3,17,18,19,20). The quantitative estimate of drug-likeness (QED) is 0.621. The van der Waals surface area contributed by atoms with Gasteiger partial charge in [0.2, 0.25) is 17.6 Å². The second kappa shape index (κ2) is 7.31. The van der Waals surface area contributed by atoms with Crippen LogP contribution < -0.4 is 16.0 Å². The average Bonchev–Trinajstić information content (AvgIpc) is 2.61. The zero-order valence-corrected chi connectivity index (χ0v) is 13.9. The fourth-order valence-electron chi connectivity index (χ4n) is 2.60. The van der Waals surface area contributed by atoms with Crippen molar-refractivity contribution in [2.75, 3.05) is 42.3 Å². The van der Waals surface area contributed by atoms with Gasteiger partial charge < -0.3 is 20.7 Å². The number of ether oxygens (including phenoxy) is 1. The number of aromatic nitrogens is 2. The summed E-state index contributed by atoms with van der Waals surface area (Å²) in [4.78, 5) is 21.0. The summed E-state index contributed by atoms with van der Waals surface area (Å²) in [6, 6.07) is 8.03. The summed E-state index contributed by atoms with van der Waals surface area (Å²) in [5.41, 5.74) is 7.80. The van der Waals surface area contributed by atoms with Gasteiger partial charge in [0.15, 0.2) is 0 Å². The van der Waals surface area contributed by atoms with Crippen LogP contribution >= 0.6 is 0 Å². The fourth-order valence-corrected chi connectivity index (χ4v) is 2.60. The highest BCUT2D eigenvalue weighted by Crippen LogP contribution is 2.32. The maximum absolute atomic E-state index is 11.4. The number of nitrogens with two attached hydrogens (primary N) is 1. The molecule has 0 bridgehead atoms. The lowest BCUT2D eigenvalue weighted by Crippen LogP contribution is -2.37. The minimum Gasteiger partial charge on any atom is -0.378 e. The molecule has 1 aliphatic rings. The Morgan fingerprint density at radius 1 is 1.28 bits per heavy atom. The third kappa shape index (κ3) is 3.94. The maximum atomic E-state index is 11.4. The van der Waals surface area contributed by atoms with E-state index in [9.17, 15) is 10.1 Å². The molecule has 3 N–H and O–H groups in total. The minimum atomic E-state index is -0.538. The summed E-state index contributed by atoms with van der Waals surface area (Å²) >= 11 is 0. The van der Waals surface area contributed by atoms with Crippen molar-refractivity contribution in [3.8, 4) is 0 Å². The van der Waals surface area contributed by atoms with Crippen molar-refractivity contribution in [1.29, 1.82) is 0 Å². The number of rotatable bonds is 5. The van der Waals surface area contributed by atoms with Gasteiger partial charge in [-0.15, -0.1) is 0 Å². The van der Waals surface area contributed by atoms with Gasteiger partial charge in [-0.2, -0.15) is 9.97 Å². The van der Waals surface area contributed by atoms with E-state index in [2.05, 4.69) is 15.3 Å². The number of benzene rings is 1. The Hall–Kier alpha value is -2.94. The van der Waals surface area contributed by atoms with Gasteiger partial charge >= 0.3 is 5.69 Å². The van der Waals surface area contributed by atoms with Crippen molar-refractivity contribution in [2.45, 2.75) is 13.5 Å². The molecule has 0 atom stereocenters. The Kier molecular flexibility index (Phi) is 4.94. The molecule has 1 aliphatic heterocycles. The van der Waals surface area contributed by atoms with E-state index >= 15 is 0 Å². The normalized spacial score (nSPS) is 14.4. The first-order valence-corrected chi connectivity index (χ1v) is 7.98. The van der Waals surface area contributed by atoms with Crippen molar-refractivity contribution >= 4 is 23.3 Å². The highest BCUT2D eigenvalue weighted by Gasteiger charge is 2.28. The summed E-state index contributed by atoms with van der Waals surface area (Å²) < 4.78 is 5.30. The molecule has 1 saturated heterocycles. The van der Waals surface area contributed by atoms with Gasteiger partial charge in [0.25, 0.3) is 0 Å². The van der Waals surface area contributed by atoms with Crippen LogP contribution in [0.3, 0.4) is 0 Å². The molecule has 132 valence electrons. The molecule has 1 fully saturated rings. The molecule has 0 saturated carbocycles. The number of nitro groups is 1. The van der Waals surface area contributed by atoms with Crippen LogP contribution in [0.15, 0.2) is 24.3 Å². The lowest BCUT2D eigenvalue weighted by molar-refractivity contribution is -0.383. The van der Waals surface area contributed by atoms with Crippen LogP contribution in [-0.2, 0) is 11.3 Å². The first-order chi connectivity index (χ1) is 12.0. The molecule has 2 heterocycles. The predicted molar refractivity (Wildman–Crippen MR) is 94.6 cm³/mol. The molecule has 0 radical (unpaired) electrons. The van der Waals surface area contributed by atoms with E-state index in [0.717, 1.165) is 5.56 Å². The molecule has 1 aromatic heterocycles. The van der Waals surface area contributed by atoms with E-state index in [4.69, 9.17) is 10.5 Å². The molecule has 0 aliphatic carbocycles. The lowest BCUT2D eigenvalue weighted by Gasteiger charge is -2.27. The SMILES string of the molecule is Cc1ccc(CNc2nc(N)c([N+](=O)[O-])c(N3CCOCC3)n2)cc1. The Bertz CT molecular complexity index is 759. The van der Waals surface area contributed by atoms with E-state index < -0.39 is 4.92 Å². The van der Waals surface area contributed by atoms with Crippen LogP contribution in [-0.4, -0.2) is 41.2 Å². The van der Waals surface area contributed by atoms with Gasteiger partial charge in [0.1, 0.15) is 0 Å². The largest absolute Gasteiger partial charge is 0.378 e. The van der Waals surface area contributed by atoms with Gasteiger partial charge in [0, 0.05) is 19.6 Å². The molecule has 1 aromatic carbocycles. The van der Waals surface area contributed by atoms with E-state index in [0.29, 0.717) is 32.8 Å². The highest BCUT2D eigenvalue weighted by atomic mass is 16.6. The van der Waals surface area contributed by atoms with Crippen molar-refractivity contribution in [2.24, 2.45) is 0 Å². The summed E-state index contributed by atoms with van der Waals surface area (Å²) in [6.45, 7) is 4.55. The summed E-state index contributed by atoms with van der Waals surface area (Å²) in [6.07, 6.45) is 0. The zero-order valence-electron chi connectivity index (χ0n) is 13.9. The minimum absolute atomic E-state index is 0.145. The van der Waals surface area contributed by atoms with Gasteiger partial charge in [-0.25, -0.2) is 0 Å². The molecular weight excluding hydrogens is 324 g/mol. The summed E-state index contributed by atoms with van der Waals surface area (Å²) in [7, 11) is 0. The predicted octanol–water partition coefficient (Wildman–Crippen LogP) is 1.72. The highest BCUT2D eigenvalue weighted by molar-refractivity contribution is 5.71. The zero-order chi connectivity index (χ0) is 17.8. The summed E-state index contributed by atoms with van der Waals surface area (Å²) in [5.74, 6) is 0.352. The Morgan fingerprint density at radius 2 is 1.96 bits per heavy atom. The molecule has 9 nitrogen and oxygen atoms in total. The molecular formula is C16H20N6O3. The first kappa shape index (κ1) is 16.9. The Morgan fingerprint density at radius 3 is 2.60 bits per heavy atom.